The molecule has 0 atom stereocenters. The van der Waals surface area contributed by atoms with E-state index in [2.05, 4.69) is 48.6 Å². The van der Waals surface area contributed by atoms with Gasteiger partial charge in [-0.15, -0.1) is 11.3 Å². The minimum Gasteiger partial charge on any atom is -0.135 e. The predicted octanol–water partition coefficient (Wildman–Crippen LogP) is 2.42. The number of thiophene rings is 1. The molecular formula is C13H10S. The summed E-state index contributed by atoms with van der Waals surface area (Å²) in [6.45, 7) is 0. The van der Waals surface area contributed by atoms with Crippen molar-refractivity contribution in [3.63, 3.8) is 0 Å². The molecule has 1 heteroatoms. The molecule has 1 aromatic carbocycles. The number of rotatable bonds is 0. The van der Waals surface area contributed by atoms with Crippen LogP contribution in [0.5, 0.6) is 0 Å². The average molecular weight is 198 g/mol. The Morgan fingerprint density at radius 1 is 1.14 bits per heavy atom. The van der Waals surface area contributed by atoms with Gasteiger partial charge in [-0.3, -0.25) is 0 Å². The van der Waals surface area contributed by atoms with Crippen molar-refractivity contribution >= 4 is 33.6 Å². The molecule has 0 spiro atoms. The first-order chi connectivity index (χ1) is 6.95. The van der Waals surface area contributed by atoms with E-state index < -0.39 is 0 Å². The third-order valence-electron chi connectivity index (χ3n) is 2.50. The van der Waals surface area contributed by atoms with Crippen molar-refractivity contribution in [3.8, 4) is 0 Å². The number of hydrogen-bond acceptors (Lipinski definition) is 1. The summed E-state index contributed by atoms with van der Waals surface area (Å²) in [6, 6.07) is 8.62. The van der Waals surface area contributed by atoms with Gasteiger partial charge in [0.1, 0.15) is 0 Å². The van der Waals surface area contributed by atoms with E-state index in [1.807, 2.05) is 11.3 Å². The van der Waals surface area contributed by atoms with Crippen molar-refractivity contribution < 1.29 is 0 Å². The first-order valence-corrected chi connectivity index (χ1v) is 5.61. The second kappa shape index (κ2) is 3.10. The van der Waals surface area contributed by atoms with Gasteiger partial charge in [-0.2, -0.15) is 0 Å². The fourth-order valence-corrected chi connectivity index (χ4v) is 2.96. The Morgan fingerprint density at radius 2 is 2.07 bits per heavy atom. The Balaban J connectivity index is 2.57. The topological polar surface area (TPSA) is 0 Å². The lowest BCUT2D eigenvalue weighted by Crippen LogP contribution is -2.17. The van der Waals surface area contributed by atoms with Crippen LogP contribution in [0.25, 0.3) is 22.2 Å². The second-order valence-electron chi connectivity index (χ2n) is 3.41. The molecule has 0 saturated carbocycles. The third-order valence-corrected chi connectivity index (χ3v) is 3.66. The highest BCUT2D eigenvalue weighted by Gasteiger charge is 1.99. The molecule has 3 rings (SSSR count). The molecule has 0 aliphatic heterocycles. The van der Waals surface area contributed by atoms with Gasteiger partial charge in [0.25, 0.3) is 0 Å². The van der Waals surface area contributed by atoms with Gasteiger partial charge in [0.15, 0.2) is 0 Å². The summed E-state index contributed by atoms with van der Waals surface area (Å²) < 4.78 is 2.78. The first-order valence-electron chi connectivity index (χ1n) is 4.80. The summed E-state index contributed by atoms with van der Waals surface area (Å²) in [5, 5.41) is 2.81. The Morgan fingerprint density at radius 3 is 3.07 bits per heavy atom. The van der Waals surface area contributed by atoms with Crippen molar-refractivity contribution in [2.75, 3.05) is 0 Å². The van der Waals surface area contributed by atoms with E-state index in [1.165, 1.54) is 19.8 Å². The fraction of sp³-hybridized carbons (Fsp3) is 0.0769. The van der Waals surface area contributed by atoms with Crippen molar-refractivity contribution in [1.29, 1.82) is 0 Å². The highest BCUT2D eigenvalue weighted by atomic mass is 32.1. The lowest BCUT2D eigenvalue weighted by molar-refractivity contribution is 1.49. The summed E-state index contributed by atoms with van der Waals surface area (Å²) in [6.07, 6.45) is 9.92. The maximum Gasteiger partial charge on any atom is 0.0355 e. The molecule has 14 heavy (non-hydrogen) atoms. The van der Waals surface area contributed by atoms with E-state index in [4.69, 9.17) is 0 Å². The monoisotopic (exact) mass is 198 g/mol. The van der Waals surface area contributed by atoms with Crippen molar-refractivity contribution in [3.05, 3.63) is 46.2 Å². The quantitative estimate of drug-likeness (QED) is 0.610. The smallest absolute Gasteiger partial charge is 0.0355 e. The van der Waals surface area contributed by atoms with Gasteiger partial charge in [-0.05, 0) is 29.2 Å². The van der Waals surface area contributed by atoms with Crippen LogP contribution in [0.15, 0.2) is 36.4 Å². The minimum atomic E-state index is 1.05. The fourth-order valence-electron chi connectivity index (χ4n) is 1.84. The molecule has 1 heterocycles. The Hall–Kier alpha value is -1.34. The van der Waals surface area contributed by atoms with Crippen LogP contribution in [-0.4, -0.2) is 0 Å². The van der Waals surface area contributed by atoms with E-state index in [0.29, 0.717) is 0 Å². The molecule has 0 N–H and O–H groups in total. The molecule has 0 bridgehead atoms. The highest BCUT2D eigenvalue weighted by Crippen LogP contribution is 2.12. The first kappa shape index (κ1) is 8.01. The van der Waals surface area contributed by atoms with Crippen molar-refractivity contribution in [1.82, 2.24) is 0 Å². The van der Waals surface area contributed by atoms with E-state index >= 15 is 0 Å². The van der Waals surface area contributed by atoms with Crippen LogP contribution in [0.2, 0.25) is 0 Å². The molecule has 0 amide bonds. The summed E-state index contributed by atoms with van der Waals surface area (Å²) in [4.78, 5) is 0. The molecule has 1 aliphatic rings. The largest absolute Gasteiger partial charge is 0.135 e. The number of fused-ring (bicyclic) bond motifs is 3. The lowest BCUT2D eigenvalue weighted by Gasteiger charge is -1.86. The van der Waals surface area contributed by atoms with E-state index in [1.54, 1.807) is 0 Å². The minimum absolute atomic E-state index is 1.05. The highest BCUT2D eigenvalue weighted by molar-refractivity contribution is 7.17. The molecule has 1 aliphatic carbocycles. The third kappa shape index (κ3) is 1.13. The standard InChI is InChI=1S/C13H10S/c1-2-6-10-11-7-4-5-9-13(11)14-12(10)8-3-1/h1,3-9H,2H2. The zero-order valence-electron chi connectivity index (χ0n) is 7.73. The molecule has 0 saturated heterocycles. The van der Waals surface area contributed by atoms with Gasteiger partial charge in [-0.1, -0.05) is 36.4 Å². The van der Waals surface area contributed by atoms with Gasteiger partial charge in [0, 0.05) is 9.23 Å². The van der Waals surface area contributed by atoms with Crippen LogP contribution in [0, 0.1) is 0 Å². The van der Waals surface area contributed by atoms with E-state index in [9.17, 15) is 0 Å². The lowest BCUT2D eigenvalue weighted by atomic mass is 10.2. The molecule has 0 fully saturated rings. The van der Waals surface area contributed by atoms with Crippen LogP contribution in [0.1, 0.15) is 6.42 Å². The Kier molecular flexibility index (Phi) is 1.78. The SMILES string of the molecule is C1=CCC=c2c(sc3ccccc23)=C1. The zero-order chi connectivity index (χ0) is 9.38. The maximum absolute atomic E-state index is 2.31. The summed E-state index contributed by atoms with van der Waals surface area (Å²) >= 11 is 1.87. The Bertz CT molecular complexity index is 614. The van der Waals surface area contributed by atoms with E-state index in [-0.39, 0.29) is 0 Å². The van der Waals surface area contributed by atoms with Gasteiger partial charge in [-0.25, -0.2) is 0 Å². The van der Waals surface area contributed by atoms with Crippen LogP contribution < -0.4 is 9.75 Å². The van der Waals surface area contributed by atoms with Crippen LogP contribution >= 0.6 is 11.3 Å². The molecule has 0 nitrogen and oxygen atoms in total. The summed E-state index contributed by atoms with van der Waals surface area (Å²) in [5.41, 5.74) is 0. The van der Waals surface area contributed by atoms with Crippen LogP contribution in [0.3, 0.4) is 0 Å². The van der Waals surface area contributed by atoms with Crippen molar-refractivity contribution in [2.24, 2.45) is 0 Å². The average Bonchev–Trinajstić information content (AvgIpc) is 2.42. The molecule has 0 unspecified atom stereocenters. The number of allylic oxidation sites excluding steroid dienone is 2. The summed E-state index contributed by atoms with van der Waals surface area (Å²) in [7, 11) is 0. The normalized spacial score (nSPS) is 14.3. The van der Waals surface area contributed by atoms with Crippen molar-refractivity contribution in [2.45, 2.75) is 6.42 Å². The Labute approximate surface area is 86.5 Å². The van der Waals surface area contributed by atoms with Gasteiger partial charge >= 0.3 is 0 Å². The van der Waals surface area contributed by atoms with Crippen LogP contribution in [0.4, 0.5) is 0 Å². The molecule has 68 valence electrons. The van der Waals surface area contributed by atoms with E-state index in [0.717, 1.165) is 6.42 Å². The maximum atomic E-state index is 2.31. The molecule has 1 aromatic heterocycles. The molecular weight excluding hydrogens is 188 g/mol. The number of benzene rings is 1. The molecule has 0 radical (unpaired) electrons. The zero-order valence-corrected chi connectivity index (χ0v) is 8.55. The number of hydrogen-bond donors (Lipinski definition) is 0. The van der Waals surface area contributed by atoms with Gasteiger partial charge in [0.05, 0.1) is 0 Å². The molecule has 2 aromatic rings. The predicted molar refractivity (Wildman–Crippen MR) is 63.8 cm³/mol. The summed E-state index contributed by atoms with van der Waals surface area (Å²) in [5.74, 6) is 0. The van der Waals surface area contributed by atoms with Gasteiger partial charge < -0.3 is 0 Å². The second-order valence-corrected chi connectivity index (χ2v) is 4.49. The van der Waals surface area contributed by atoms with Gasteiger partial charge in [0.2, 0.25) is 0 Å². The van der Waals surface area contributed by atoms with Crippen LogP contribution in [-0.2, 0) is 0 Å².